The maximum Gasteiger partial charge on any atom is 0.208 e. The summed E-state index contributed by atoms with van der Waals surface area (Å²) >= 11 is 0. The van der Waals surface area contributed by atoms with Gasteiger partial charge >= 0.3 is 0 Å². The van der Waals surface area contributed by atoms with Crippen LogP contribution in [-0.4, -0.2) is 61.1 Å². The van der Waals surface area contributed by atoms with Gasteiger partial charge in [0, 0.05) is 39.4 Å². The lowest BCUT2D eigenvalue weighted by Gasteiger charge is -2.15. The molecule has 0 aromatic heterocycles. The second-order valence-corrected chi connectivity index (χ2v) is 7.66. The smallest absolute Gasteiger partial charge is 0.208 e. The zero-order valence-electron chi connectivity index (χ0n) is 16.0. The van der Waals surface area contributed by atoms with Gasteiger partial charge < -0.3 is 20.1 Å². The fraction of sp³-hybridized carbons (Fsp3) is 0.588. The van der Waals surface area contributed by atoms with Crippen molar-refractivity contribution in [2.45, 2.75) is 19.9 Å². The minimum Gasteiger partial charge on any atom is -0.491 e. The third-order valence-electron chi connectivity index (χ3n) is 3.45. The number of hydrogen-bond donors (Lipinski definition) is 3. The van der Waals surface area contributed by atoms with E-state index in [0.717, 1.165) is 23.1 Å². The van der Waals surface area contributed by atoms with Crippen LogP contribution in [-0.2, 0) is 21.3 Å². The highest BCUT2D eigenvalue weighted by atomic mass is 32.2. The number of aliphatic imine (C=N–C) groups is 1. The lowest BCUT2D eigenvalue weighted by Crippen LogP contribution is -2.38. The first-order chi connectivity index (χ1) is 12.4. The van der Waals surface area contributed by atoms with Gasteiger partial charge in [-0.1, -0.05) is 12.1 Å². The second kappa shape index (κ2) is 11.7. The number of aryl methyl sites for hydroxylation is 1. The van der Waals surface area contributed by atoms with Crippen molar-refractivity contribution in [3.63, 3.8) is 0 Å². The number of sulfonamides is 1. The lowest BCUT2D eigenvalue weighted by molar-refractivity contribution is 0.145. The van der Waals surface area contributed by atoms with Crippen LogP contribution < -0.4 is 20.1 Å². The Morgan fingerprint density at radius 2 is 1.96 bits per heavy atom. The number of nitrogens with one attached hydrogen (secondary N) is 3. The van der Waals surface area contributed by atoms with Crippen LogP contribution in [0.2, 0.25) is 0 Å². The molecule has 0 saturated carbocycles. The zero-order chi connectivity index (χ0) is 19.4. The first-order valence-electron chi connectivity index (χ1n) is 8.46. The van der Waals surface area contributed by atoms with Crippen LogP contribution in [0.1, 0.15) is 17.5 Å². The molecule has 3 N–H and O–H groups in total. The molecule has 0 unspecified atom stereocenters. The molecule has 0 atom stereocenters. The van der Waals surface area contributed by atoms with Gasteiger partial charge in [0.1, 0.15) is 12.4 Å². The van der Waals surface area contributed by atoms with Gasteiger partial charge in [-0.05, 0) is 25.0 Å². The molecule has 9 heteroatoms. The Bertz CT molecular complexity index is 677. The minimum atomic E-state index is -3.14. The molecule has 0 heterocycles. The van der Waals surface area contributed by atoms with Gasteiger partial charge in [0.25, 0.3) is 0 Å². The summed E-state index contributed by atoms with van der Waals surface area (Å²) in [6.45, 7) is 4.60. The predicted molar refractivity (Wildman–Crippen MR) is 104 cm³/mol. The van der Waals surface area contributed by atoms with Crippen molar-refractivity contribution in [3.8, 4) is 5.75 Å². The average Bonchev–Trinajstić information content (AvgIpc) is 2.58. The molecule has 0 radical (unpaired) electrons. The summed E-state index contributed by atoms with van der Waals surface area (Å²) in [6, 6.07) is 6.06. The molecule has 0 aliphatic rings. The fourth-order valence-corrected chi connectivity index (χ4v) is 2.64. The minimum absolute atomic E-state index is 0.387. The summed E-state index contributed by atoms with van der Waals surface area (Å²) in [5.41, 5.74) is 2.15. The normalized spacial score (nSPS) is 12.1. The van der Waals surface area contributed by atoms with Crippen molar-refractivity contribution in [2.24, 2.45) is 4.99 Å². The highest BCUT2D eigenvalue weighted by Gasteiger charge is 2.06. The quantitative estimate of drug-likeness (QED) is 0.293. The van der Waals surface area contributed by atoms with E-state index in [0.29, 0.717) is 45.2 Å². The van der Waals surface area contributed by atoms with Gasteiger partial charge in [-0.25, -0.2) is 13.1 Å². The van der Waals surface area contributed by atoms with Crippen LogP contribution in [0.25, 0.3) is 0 Å². The molecule has 0 amide bonds. The van der Waals surface area contributed by atoms with Crippen molar-refractivity contribution in [1.82, 2.24) is 15.4 Å². The molecule has 0 saturated heterocycles. The number of rotatable bonds is 11. The van der Waals surface area contributed by atoms with E-state index in [2.05, 4.69) is 20.3 Å². The van der Waals surface area contributed by atoms with Crippen molar-refractivity contribution >= 4 is 16.0 Å². The standard InChI is InChI=1S/C17H30N4O4S/c1-14-6-7-15(16(12-14)25-11-10-24-3)13-20-17(18-2)19-8-5-9-21-26(4,22)23/h6-7,12,21H,5,8-11,13H2,1-4H3,(H2,18,19,20). The maximum absolute atomic E-state index is 11.0. The topological polar surface area (TPSA) is 101 Å². The van der Waals surface area contributed by atoms with Crippen LogP contribution in [0.15, 0.2) is 23.2 Å². The summed E-state index contributed by atoms with van der Waals surface area (Å²) in [6.07, 6.45) is 1.80. The van der Waals surface area contributed by atoms with Gasteiger partial charge in [-0.15, -0.1) is 0 Å². The fourth-order valence-electron chi connectivity index (χ4n) is 2.13. The highest BCUT2D eigenvalue weighted by molar-refractivity contribution is 7.88. The molecule has 26 heavy (non-hydrogen) atoms. The molecule has 8 nitrogen and oxygen atoms in total. The van der Waals surface area contributed by atoms with Crippen molar-refractivity contribution < 1.29 is 17.9 Å². The van der Waals surface area contributed by atoms with Crippen LogP contribution >= 0.6 is 0 Å². The van der Waals surface area contributed by atoms with E-state index in [1.165, 1.54) is 0 Å². The van der Waals surface area contributed by atoms with Gasteiger partial charge in [0.05, 0.1) is 12.9 Å². The van der Waals surface area contributed by atoms with Crippen molar-refractivity contribution in [2.75, 3.05) is 46.7 Å². The molecule has 0 spiro atoms. The van der Waals surface area contributed by atoms with Crippen LogP contribution in [0.5, 0.6) is 5.75 Å². The number of benzene rings is 1. The molecule has 1 rings (SSSR count). The van der Waals surface area contributed by atoms with E-state index < -0.39 is 10.0 Å². The monoisotopic (exact) mass is 386 g/mol. The van der Waals surface area contributed by atoms with Gasteiger partial charge in [-0.3, -0.25) is 4.99 Å². The van der Waals surface area contributed by atoms with Crippen LogP contribution in [0.4, 0.5) is 0 Å². The zero-order valence-corrected chi connectivity index (χ0v) is 16.8. The van der Waals surface area contributed by atoms with Crippen LogP contribution in [0.3, 0.4) is 0 Å². The summed E-state index contributed by atoms with van der Waals surface area (Å²) in [5, 5.41) is 6.38. The van der Waals surface area contributed by atoms with Gasteiger partial charge in [0.2, 0.25) is 10.0 Å². The second-order valence-electron chi connectivity index (χ2n) is 5.83. The molecule has 0 bridgehead atoms. The Balaban J connectivity index is 2.47. The number of guanidine groups is 1. The van der Waals surface area contributed by atoms with Gasteiger partial charge in [0.15, 0.2) is 5.96 Å². The highest BCUT2D eigenvalue weighted by Crippen LogP contribution is 2.20. The van der Waals surface area contributed by atoms with E-state index in [1.54, 1.807) is 14.2 Å². The summed E-state index contributed by atoms with van der Waals surface area (Å²) in [5.74, 6) is 1.47. The first kappa shape index (κ1) is 22.2. The van der Waals surface area contributed by atoms with E-state index >= 15 is 0 Å². The third-order valence-corrected chi connectivity index (χ3v) is 4.18. The molecule has 0 aliphatic heterocycles. The van der Waals surface area contributed by atoms with Gasteiger partial charge in [-0.2, -0.15) is 0 Å². The number of hydrogen-bond acceptors (Lipinski definition) is 5. The molecule has 1 aromatic rings. The average molecular weight is 387 g/mol. The number of nitrogens with zero attached hydrogens (tertiary/aromatic N) is 1. The first-order valence-corrected chi connectivity index (χ1v) is 10.3. The van der Waals surface area contributed by atoms with Crippen molar-refractivity contribution in [1.29, 1.82) is 0 Å². The Labute approximate surface area is 156 Å². The van der Waals surface area contributed by atoms with E-state index in [4.69, 9.17) is 9.47 Å². The predicted octanol–water partition coefficient (Wildman–Crippen LogP) is 0.625. The maximum atomic E-state index is 11.0. The van der Waals surface area contributed by atoms with E-state index in [-0.39, 0.29) is 0 Å². The lowest BCUT2D eigenvalue weighted by atomic mass is 10.1. The molecule has 0 aliphatic carbocycles. The molecule has 0 fully saturated rings. The Hall–Kier alpha value is -1.84. The summed E-state index contributed by atoms with van der Waals surface area (Å²) in [7, 11) is 0.191. The molecule has 1 aromatic carbocycles. The summed E-state index contributed by atoms with van der Waals surface area (Å²) < 4.78 is 35.3. The largest absolute Gasteiger partial charge is 0.491 e. The molecule has 148 valence electrons. The third kappa shape index (κ3) is 9.59. The van der Waals surface area contributed by atoms with Crippen LogP contribution in [0, 0.1) is 6.92 Å². The van der Waals surface area contributed by atoms with E-state index in [9.17, 15) is 8.42 Å². The SMILES string of the molecule is CN=C(NCCCNS(C)(=O)=O)NCc1ccc(C)cc1OCCOC. The molecular formula is C17H30N4O4S. The number of methoxy groups -OCH3 is 1. The number of ether oxygens (including phenoxy) is 2. The van der Waals surface area contributed by atoms with E-state index in [1.807, 2.05) is 25.1 Å². The summed E-state index contributed by atoms with van der Waals surface area (Å²) in [4.78, 5) is 4.17. The van der Waals surface area contributed by atoms with Crippen molar-refractivity contribution in [3.05, 3.63) is 29.3 Å². The Morgan fingerprint density at radius 1 is 1.19 bits per heavy atom. The Kier molecular flexibility index (Phi) is 10.0. The molecular weight excluding hydrogens is 356 g/mol. The Morgan fingerprint density at radius 3 is 2.62 bits per heavy atom.